The first-order chi connectivity index (χ1) is 24.8. The number of nitriles is 1. The number of alkyl halides is 3. The molecule has 0 bridgehead atoms. The third kappa shape index (κ3) is 9.77. The van der Waals surface area contributed by atoms with Gasteiger partial charge < -0.3 is 21.5 Å². The second-order valence-corrected chi connectivity index (χ2v) is 12.5. The number of carboxylic acids is 1. The minimum atomic E-state index is -4.63. The number of carboxylic acid groups (broad SMARTS) is 1. The molecule has 5 N–H and O–H groups in total. The SMILES string of the molecule is Cc1cc(C#N)cc(C(=O)NC(C)(C)C)c1NC(=O)c1cc(C(=O)O)ccc1C(N)=O.FC(F)(F)c1nnnn1Cc1ccn(-c2ncccc2Cl)n1. The van der Waals surface area contributed by atoms with Crippen molar-refractivity contribution in [2.45, 2.75) is 46.0 Å². The van der Waals surface area contributed by atoms with Crippen LogP contribution in [0.5, 0.6) is 0 Å². The Bertz CT molecular complexity index is 2260. The highest BCUT2D eigenvalue weighted by molar-refractivity contribution is 6.32. The van der Waals surface area contributed by atoms with Crippen LogP contribution in [0.2, 0.25) is 5.02 Å². The highest BCUT2D eigenvalue weighted by Crippen LogP contribution is 2.27. The highest BCUT2D eigenvalue weighted by atomic mass is 35.5. The number of nitrogens with one attached hydrogen (secondary N) is 2. The van der Waals surface area contributed by atoms with Crippen LogP contribution in [0, 0.1) is 18.3 Å². The Hall–Kier alpha value is -6.68. The highest BCUT2D eigenvalue weighted by Gasteiger charge is 2.38. The molecule has 3 amide bonds. The van der Waals surface area contributed by atoms with Crippen LogP contribution in [0.25, 0.3) is 5.82 Å². The lowest BCUT2D eigenvalue weighted by molar-refractivity contribution is -0.147. The molecule has 0 aliphatic carbocycles. The number of nitrogens with two attached hydrogens (primary N) is 1. The maximum Gasteiger partial charge on any atom is 0.453 e. The summed E-state index contributed by atoms with van der Waals surface area (Å²) >= 11 is 5.99. The van der Waals surface area contributed by atoms with Crippen molar-refractivity contribution >= 4 is 41.0 Å². The molecule has 0 aliphatic rings. The number of aromatic nitrogens is 7. The van der Waals surface area contributed by atoms with Gasteiger partial charge in [0.15, 0.2) is 5.82 Å². The summed E-state index contributed by atoms with van der Waals surface area (Å²) in [5.41, 5.74) is 5.27. The van der Waals surface area contributed by atoms with Gasteiger partial charge >= 0.3 is 12.1 Å². The fraction of sp³-hybridized carbons (Fsp3) is 0.212. The standard InChI is InChI=1S/C22H22N4O5.C11H7ClF3N7/c1-11-7-12(10-23)8-16(20(29)26-22(2,3)4)17(11)25-19(28)15-9-13(21(30)31)5-6-14(15)18(24)27;12-8-2-1-4-16-9(8)21-5-3-7(18-21)6-22-10(11(13,14)15)17-19-20-22/h5-9H,1-4H3,(H2,24,27)(H,25,28)(H,26,29)(H,30,31);1-5H,6H2. The molecule has 274 valence electrons. The first-order valence-electron chi connectivity index (χ1n) is 15.1. The maximum absolute atomic E-state index is 13.0. The number of primary amides is 1. The van der Waals surface area contributed by atoms with Crippen molar-refractivity contribution < 1.29 is 37.5 Å². The van der Waals surface area contributed by atoms with Crippen LogP contribution < -0.4 is 16.4 Å². The first-order valence-corrected chi connectivity index (χ1v) is 15.5. The molecular weight excluding hydrogens is 723 g/mol. The zero-order chi connectivity index (χ0) is 39.2. The van der Waals surface area contributed by atoms with Gasteiger partial charge in [0.05, 0.1) is 56.8 Å². The second kappa shape index (κ2) is 15.7. The molecule has 2 aromatic carbocycles. The van der Waals surface area contributed by atoms with E-state index in [1.54, 1.807) is 46.0 Å². The molecule has 5 aromatic rings. The number of benzene rings is 2. The monoisotopic (exact) mass is 751 g/mol. The van der Waals surface area contributed by atoms with Gasteiger partial charge in [0, 0.05) is 17.9 Å². The van der Waals surface area contributed by atoms with Gasteiger partial charge in [-0.05, 0) is 92.2 Å². The lowest BCUT2D eigenvalue weighted by Gasteiger charge is -2.22. The van der Waals surface area contributed by atoms with Crippen molar-refractivity contribution in [1.82, 2.24) is 40.3 Å². The summed E-state index contributed by atoms with van der Waals surface area (Å²) < 4.78 is 40.1. The summed E-state index contributed by atoms with van der Waals surface area (Å²) in [5, 5.41) is 37.6. The molecule has 3 aromatic heterocycles. The Kier molecular flexibility index (Phi) is 11.6. The molecule has 20 heteroatoms. The van der Waals surface area contributed by atoms with E-state index in [-0.39, 0.29) is 40.0 Å². The summed E-state index contributed by atoms with van der Waals surface area (Å²) in [6.45, 7) is 6.72. The van der Waals surface area contributed by atoms with Gasteiger partial charge in [0.25, 0.3) is 17.6 Å². The quantitative estimate of drug-likeness (QED) is 0.173. The van der Waals surface area contributed by atoms with E-state index in [2.05, 4.69) is 36.2 Å². The number of carbonyl (C=O) groups excluding carboxylic acids is 3. The second-order valence-electron chi connectivity index (χ2n) is 12.1. The van der Waals surface area contributed by atoms with E-state index < -0.39 is 41.2 Å². The van der Waals surface area contributed by atoms with E-state index >= 15 is 0 Å². The number of hydrogen-bond acceptors (Lipinski definition) is 10. The minimum Gasteiger partial charge on any atom is -0.478 e. The van der Waals surface area contributed by atoms with Crippen LogP contribution in [-0.2, 0) is 12.7 Å². The smallest absolute Gasteiger partial charge is 0.453 e. The number of halogens is 4. The average Bonchev–Trinajstić information content (AvgIpc) is 3.75. The van der Waals surface area contributed by atoms with Gasteiger partial charge in [-0.2, -0.15) is 23.5 Å². The lowest BCUT2D eigenvalue weighted by atomic mass is 9.99. The molecular formula is C33H29ClF3N11O5. The molecule has 0 saturated carbocycles. The summed E-state index contributed by atoms with van der Waals surface area (Å²) in [7, 11) is 0. The number of pyridine rings is 1. The van der Waals surface area contributed by atoms with E-state index in [0.717, 1.165) is 18.2 Å². The van der Waals surface area contributed by atoms with E-state index in [1.165, 1.54) is 29.1 Å². The van der Waals surface area contributed by atoms with Crippen LogP contribution >= 0.6 is 11.6 Å². The Balaban J connectivity index is 0.000000250. The zero-order valence-electron chi connectivity index (χ0n) is 28.2. The topological polar surface area (TPSA) is 237 Å². The predicted molar refractivity (Wildman–Crippen MR) is 181 cm³/mol. The Morgan fingerprint density at radius 1 is 1.02 bits per heavy atom. The largest absolute Gasteiger partial charge is 0.478 e. The molecule has 3 heterocycles. The Morgan fingerprint density at radius 2 is 1.74 bits per heavy atom. The molecule has 0 saturated heterocycles. The van der Waals surface area contributed by atoms with E-state index in [1.807, 2.05) is 6.07 Å². The van der Waals surface area contributed by atoms with Crippen LogP contribution in [0.4, 0.5) is 18.9 Å². The van der Waals surface area contributed by atoms with Gasteiger partial charge in [-0.15, -0.1) is 5.10 Å². The number of amides is 3. The van der Waals surface area contributed by atoms with Crippen molar-refractivity contribution in [1.29, 1.82) is 5.26 Å². The molecule has 16 nitrogen and oxygen atoms in total. The van der Waals surface area contributed by atoms with Gasteiger partial charge in [-0.25, -0.2) is 19.1 Å². The summed E-state index contributed by atoms with van der Waals surface area (Å²) in [4.78, 5) is 52.9. The Labute approximate surface area is 303 Å². The molecule has 0 atom stereocenters. The van der Waals surface area contributed by atoms with Gasteiger partial charge in [-0.1, -0.05) is 11.6 Å². The van der Waals surface area contributed by atoms with Crippen molar-refractivity contribution in [3.63, 3.8) is 0 Å². The molecule has 0 unspecified atom stereocenters. The van der Waals surface area contributed by atoms with Gasteiger partial charge in [0.2, 0.25) is 5.91 Å². The molecule has 0 spiro atoms. The first kappa shape index (κ1) is 39.1. The summed E-state index contributed by atoms with van der Waals surface area (Å²) in [6, 6.07) is 13.0. The fourth-order valence-corrected chi connectivity index (χ4v) is 4.85. The van der Waals surface area contributed by atoms with Crippen LogP contribution in [-0.4, -0.2) is 69.3 Å². The number of nitrogens with zero attached hydrogens (tertiary/aromatic N) is 8. The maximum atomic E-state index is 13.0. The number of rotatable bonds is 8. The molecule has 0 fully saturated rings. The number of anilines is 1. The number of tetrazole rings is 1. The Morgan fingerprint density at radius 3 is 2.34 bits per heavy atom. The van der Waals surface area contributed by atoms with Crippen molar-refractivity contribution in [2.75, 3.05) is 5.32 Å². The molecule has 53 heavy (non-hydrogen) atoms. The zero-order valence-corrected chi connectivity index (χ0v) is 29.0. The number of aromatic carboxylic acids is 1. The lowest BCUT2D eigenvalue weighted by Crippen LogP contribution is -2.41. The van der Waals surface area contributed by atoms with E-state index in [0.29, 0.717) is 26.8 Å². The van der Waals surface area contributed by atoms with Crippen molar-refractivity contribution in [3.05, 3.63) is 111 Å². The molecule has 5 rings (SSSR count). The van der Waals surface area contributed by atoms with Crippen LogP contribution in [0.3, 0.4) is 0 Å². The van der Waals surface area contributed by atoms with Gasteiger partial charge in [0.1, 0.15) is 0 Å². The fourth-order valence-electron chi connectivity index (χ4n) is 4.64. The van der Waals surface area contributed by atoms with E-state index in [9.17, 15) is 42.7 Å². The minimum absolute atomic E-state index is 0.0508. The molecule has 0 radical (unpaired) electrons. The third-order valence-electron chi connectivity index (χ3n) is 6.91. The number of carbonyl (C=O) groups is 4. The summed E-state index contributed by atoms with van der Waals surface area (Å²) in [6.07, 6.45) is -1.55. The normalized spacial score (nSPS) is 11.2. The summed E-state index contributed by atoms with van der Waals surface area (Å²) in [5.74, 6) is -4.35. The van der Waals surface area contributed by atoms with E-state index in [4.69, 9.17) is 17.3 Å². The predicted octanol–water partition coefficient (Wildman–Crippen LogP) is 4.42. The van der Waals surface area contributed by atoms with Crippen molar-refractivity contribution in [3.8, 4) is 11.9 Å². The van der Waals surface area contributed by atoms with Crippen LogP contribution in [0.1, 0.15) is 84.8 Å². The average molecular weight is 752 g/mol. The van der Waals surface area contributed by atoms with Crippen LogP contribution in [0.15, 0.2) is 60.9 Å². The van der Waals surface area contributed by atoms with Gasteiger partial charge in [-0.3, -0.25) is 14.4 Å². The third-order valence-corrected chi connectivity index (χ3v) is 7.21. The number of hydrogen-bond donors (Lipinski definition) is 4. The molecule has 0 aliphatic heterocycles. The van der Waals surface area contributed by atoms with Crippen molar-refractivity contribution in [2.24, 2.45) is 5.73 Å². The number of aryl methyl sites for hydroxylation is 1.